The van der Waals surface area contributed by atoms with Gasteiger partial charge in [0, 0.05) is 31.8 Å². The van der Waals surface area contributed by atoms with Crippen LogP contribution in [0.25, 0.3) is 0 Å². The van der Waals surface area contributed by atoms with E-state index < -0.39 is 0 Å². The molecule has 5 heteroatoms. The van der Waals surface area contributed by atoms with Crippen molar-refractivity contribution in [2.45, 2.75) is 45.3 Å². The second kappa shape index (κ2) is 6.65. The average molecular weight is 304 g/mol. The quantitative estimate of drug-likeness (QED) is 0.804. The van der Waals surface area contributed by atoms with Crippen LogP contribution in [0, 0.1) is 5.92 Å². The molecule has 2 atom stereocenters. The zero-order valence-corrected chi connectivity index (χ0v) is 13.3. The van der Waals surface area contributed by atoms with Gasteiger partial charge in [0.25, 0.3) is 0 Å². The van der Waals surface area contributed by atoms with Gasteiger partial charge in [-0.25, -0.2) is 9.78 Å². The number of carbonyl (C=O) groups is 1. The summed E-state index contributed by atoms with van der Waals surface area (Å²) in [5.41, 5.74) is 0.561. The summed E-state index contributed by atoms with van der Waals surface area (Å²) in [4.78, 5) is 19.0. The molecule has 0 saturated carbocycles. The van der Waals surface area contributed by atoms with E-state index in [4.69, 9.17) is 9.47 Å². The van der Waals surface area contributed by atoms with E-state index in [9.17, 15) is 4.79 Å². The zero-order valence-electron chi connectivity index (χ0n) is 13.3. The molecule has 0 aliphatic carbocycles. The van der Waals surface area contributed by atoms with Gasteiger partial charge in [-0.05, 0) is 45.2 Å². The molecule has 0 spiro atoms. The molecule has 0 aromatic carbocycles. The topological polar surface area (TPSA) is 51.7 Å². The summed E-state index contributed by atoms with van der Waals surface area (Å²) in [6.45, 7) is 6.39. The highest BCUT2D eigenvalue weighted by Crippen LogP contribution is 2.31. The summed E-state index contributed by atoms with van der Waals surface area (Å²) in [6.07, 6.45) is 5.31. The largest absolute Gasteiger partial charge is 0.459 e. The van der Waals surface area contributed by atoms with Crippen LogP contribution < -0.4 is 4.90 Å². The Morgan fingerprint density at radius 1 is 1.45 bits per heavy atom. The van der Waals surface area contributed by atoms with E-state index in [1.165, 1.54) is 6.42 Å². The third-order valence-corrected chi connectivity index (χ3v) is 4.36. The lowest BCUT2D eigenvalue weighted by atomic mass is 9.88. The van der Waals surface area contributed by atoms with Gasteiger partial charge in [-0.2, -0.15) is 0 Å². The van der Waals surface area contributed by atoms with Gasteiger partial charge in [-0.15, -0.1) is 0 Å². The average Bonchev–Trinajstić information content (AvgIpc) is 2.54. The summed E-state index contributed by atoms with van der Waals surface area (Å²) in [6, 6.07) is 3.59. The zero-order chi connectivity index (χ0) is 15.5. The Kier molecular flexibility index (Phi) is 4.62. The maximum Gasteiger partial charge on any atom is 0.342 e. The van der Waals surface area contributed by atoms with Crippen molar-refractivity contribution < 1.29 is 14.3 Å². The molecule has 5 nitrogen and oxygen atoms in total. The minimum absolute atomic E-state index is 0.127. The number of hydrogen-bond donors (Lipinski definition) is 0. The van der Waals surface area contributed by atoms with E-state index in [1.54, 1.807) is 18.3 Å². The van der Waals surface area contributed by atoms with Gasteiger partial charge in [-0.1, -0.05) is 0 Å². The van der Waals surface area contributed by atoms with E-state index in [0.29, 0.717) is 17.6 Å². The van der Waals surface area contributed by atoms with Crippen LogP contribution in [0.2, 0.25) is 0 Å². The van der Waals surface area contributed by atoms with Crippen molar-refractivity contribution in [3.05, 3.63) is 23.9 Å². The molecule has 0 radical (unpaired) electrons. The summed E-state index contributed by atoms with van der Waals surface area (Å²) in [5, 5.41) is 0. The molecule has 1 aromatic rings. The summed E-state index contributed by atoms with van der Waals surface area (Å²) >= 11 is 0. The Labute approximate surface area is 131 Å². The third kappa shape index (κ3) is 3.24. The van der Waals surface area contributed by atoms with E-state index in [1.807, 2.05) is 13.8 Å². The van der Waals surface area contributed by atoms with Crippen LogP contribution in [0.15, 0.2) is 18.3 Å². The number of piperidine rings is 1. The van der Waals surface area contributed by atoms with Gasteiger partial charge in [0.05, 0.1) is 12.2 Å². The fourth-order valence-electron chi connectivity index (χ4n) is 3.37. The number of anilines is 1. The van der Waals surface area contributed by atoms with Crippen LogP contribution in [-0.2, 0) is 9.47 Å². The van der Waals surface area contributed by atoms with E-state index in [2.05, 4.69) is 9.88 Å². The first-order chi connectivity index (χ1) is 10.6. The van der Waals surface area contributed by atoms with Gasteiger partial charge in [0.15, 0.2) is 0 Å². The Bertz CT molecular complexity index is 532. The minimum atomic E-state index is -0.292. The fourth-order valence-corrected chi connectivity index (χ4v) is 3.37. The van der Waals surface area contributed by atoms with Crippen molar-refractivity contribution in [1.29, 1.82) is 0 Å². The SMILES string of the molecule is CC(C)OC(=O)c1cccnc1N1CC[C@@H]2OCCC[C@@H]2C1. The molecule has 3 heterocycles. The first-order valence-corrected chi connectivity index (χ1v) is 8.17. The molecule has 2 fully saturated rings. The predicted molar refractivity (Wildman–Crippen MR) is 84.1 cm³/mol. The van der Waals surface area contributed by atoms with Gasteiger partial charge in [0.1, 0.15) is 11.4 Å². The lowest BCUT2D eigenvalue weighted by Crippen LogP contribution is -2.47. The van der Waals surface area contributed by atoms with Crippen molar-refractivity contribution in [2.24, 2.45) is 5.92 Å². The highest BCUT2D eigenvalue weighted by atomic mass is 16.5. The molecule has 22 heavy (non-hydrogen) atoms. The van der Waals surface area contributed by atoms with Crippen molar-refractivity contribution >= 4 is 11.8 Å². The standard InChI is InChI=1S/C17H24N2O3/c1-12(2)22-17(20)14-6-3-8-18-16(14)19-9-7-15-13(11-19)5-4-10-21-15/h3,6,8,12-13,15H,4-5,7,9-11H2,1-2H3/t13-,15+/m1/s1. The highest BCUT2D eigenvalue weighted by Gasteiger charge is 2.33. The number of fused-ring (bicyclic) bond motifs is 1. The first kappa shape index (κ1) is 15.3. The molecule has 1 aromatic heterocycles. The Hall–Kier alpha value is -1.62. The van der Waals surface area contributed by atoms with Crippen molar-refractivity contribution in [2.75, 3.05) is 24.6 Å². The summed E-state index contributed by atoms with van der Waals surface area (Å²) in [5.74, 6) is 0.996. The fraction of sp³-hybridized carbons (Fsp3) is 0.647. The van der Waals surface area contributed by atoms with E-state index >= 15 is 0 Å². The van der Waals surface area contributed by atoms with Crippen molar-refractivity contribution in [1.82, 2.24) is 4.98 Å². The minimum Gasteiger partial charge on any atom is -0.459 e. The number of aromatic nitrogens is 1. The molecule has 0 bridgehead atoms. The number of carbonyl (C=O) groups excluding carboxylic acids is 1. The van der Waals surface area contributed by atoms with Crippen LogP contribution >= 0.6 is 0 Å². The maximum absolute atomic E-state index is 12.3. The Morgan fingerprint density at radius 2 is 2.32 bits per heavy atom. The number of esters is 1. The van der Waals surface area contributed by atoms with E-state index in [0.717, 1.165) is 38.4 Å². The normalized spacial score (nSPS) is 25.0. The molecular weight excluding hydrogens is 280 g/mol. The molecule has 2 saturated heterocycles. The third-order valence-electron chi connectivity index (χ3n) is 4.36. The molecular formula is C17H24N2O3. The summed E-state index contributed by atoms with van der Waals surface area (Å²) in [7, 11) is 0. The van der Waals surface area contributed by atoms with Crippen molar-refractivity contribution in [3.8, 4) is 0 Å². The molecule has 0 N–H and O–H groups in total. The first-order valence-electron chi connectivity index (χ1n) is 8.17. The van der Waals surface area contributed by atoms with Gasteiger partial charge in [-0.3, -0.25) is 0 Å². The smallest absolute Gasteiger partial charge is 0.342 e. The van der Waals surface area contributed by atoms with Crippen molar-refractivity contribution in [3.63, 3.8) is 0 Å². The lowest BCUT2D eigenvalue weighted by Gasteiger charge is -2.41. The monoisotopic (exact) mass is 304 g/mol. The Balaban J connectivity index is 1.78. The van der Waals surface area contributed by atoms with E-state index in [-0.39, 0.29) is 12.1 Å². The van der Waals surface area contributed by atoms with Crippen LogP contribution in [0.4, 0.5) is 5.82 Å². The predicted octanol–water partition coefficient (Wildman–Crippen LogP) is 2.65. The molecule has 2 aliphatic rings. The summed E-state index contributed by atoms with van der Waals surface area (Å²) < 4.78 is 11.2. The van der Waals surface area contributed by atoms with Crippen LogP contribution in [-0.4, -0.2) is 42.9 Å². The number of ether oxygens (including phenoxy) is 2. The van der Waals surface area contributed by atoms with Crippen LogP contribution in [0.1, 0.15) is 43.5 Å². The molecule has 3 rings (SSSR count). The number of rotatable bonds is 3. The van der Waals surface area contributed by atoms with Gasteiger partial charge >= 0.3 is 5.97 Å². The van der Waals surface area contributed by atoms with Gasteiger partial charge < -0.3 is 14.4 Å². The molecule has 0 amide bonds. The Morgan fingerprint density at radius 3 is 3.14 bits per heavy atom. The second-order valence-corrected chi connectivity index (χ2v) is 6.37. The highest BCUT2D eigenvalue weighted by molar-refractivity contribution is 5.94. The second-order valence-electron chi connectivity index (χ2n) is 6.37. The molecule has 2 aliphatic heterocycles. The number of hydrogen-bond acceptors (Lipinski definition) is 5. The molecule has 0 unspecified atom stereocenters. The number of pyridine rings is 1. The lowest BCUT2D eigenvalue weighted by molar-refractivity contribution is -0.0358. The van der Waals surface area contributed by atoms with Crippen LogP contribution in [0.3, 0.4) is 0 Å². The molecule has 120 valence electrons. The maximum atomic E-state index is 12.3. The van der Waals surface area contributed by atoms with Gasteiger partial charge in [0.2, 0.25) is 0 Å². The van der Waals surface area contributed by atoms with Crippen LogP contribution in [0.5, 0.6) is 0 Å². The number of nitrogens with zero attached hydrogens (tertiary/aromatic N) is 2.